The molecule has 2 heterocycles. The first-order valence-electron chi connectivity index (χ1n) is 15.3. The van der Waals surface area contributed by atoms with Crippen LogP contribution in [0.1, 0.15) is 62.6 Å². The molecule has 45 heavy (non-hydrogen) atoms. The van der Waals surface area contributed by atoms with Crippen molar-refractivity contribution in [1.29, 1.82) is 0 Å². The van der Waals surface area contributed by atoms with Gasteiger partial charge in [0.2, 0.25) is 0 Å². The second-order valence-corrected chi connectivity index (χ2v) is 11.2. The molecule has 0 bridgehead atoms. The van der Waals surface area contributed by atoms with Crippen molar-refractivity contribution in [1.82, 2.24) is 15.2 Å². The zero-order valence-corrected chi connectivity index (χ0v) is 26.4. The largest absolute Gasteiger partial charge is 0.358 e. The lowest BCUT2D eigenvalue weighted by atomic mass is 10.0. The Bertz CT molecular complexity index is 1770. The second-order valence-electron chi connectivity index (χ2n) is 11.2. The number of rotatable bonds is 11. The van der Waals surface area contributed by atoms with Crippen molar-refractivity contribution in [2.24, 2.45) is 0 Å². The molecule has 5 rings (SSSR count). The Hall–Kier alpha value is -5.15. The van der Waals surface area contributed by atoms with Crippen molar-refractivity contribution in [2.75, 3.05) is 42.1 Å². The summed E-state index contributed by atoms with van der Waals surface area (Å²) in [4.78, 5) is 44.4. The van der Waals surface area contributed by atoms with Crippen molar-refractivity contribution in [3.05, 3.63) is 106 Å². The van der Waals surface area contributed by atoms with Gasteiger partial charge < -0.3 is 31.2 Å². The molecule has 9 nitrogen and oxygen atoms in total. The Morgan fingerprint density at radius 3 is 2.36 bits per heavy atom. The smallest absolute Gasteiger partial charge is 0.256 e. The number of benzene rings is 3. The van der Waals surface area contributed by atoms with Crippen LogP contribution in [-0.2, 0) is 4.79 Å². The van der Waals surface area contributed by atoms with Gasteiger partial charge in [-0.05, 0) is 93.5 Å². The van der Waals surface area contributed by atoms with E-state index in [1.54, 1.807) is 12.1 Å². The van der Waals surface area contributed by atoms with Crippen LogP contribution in [-0.4, -0.2) is 53.8 Å². The molecule has 3 amide bonds. The summed E-state index contributed by atoms with van der Waals surface area (Å²) in [5, 5.41) is 12.4. The van der Waals surface area contributed by atoms with Gasteiger partial charge in [0.1, 0.15) is 0 Å². The number of hydrogen-bond donors (Lipinski definition) is 5. The fourth-order valence-corrected chi connectivity index (χ4v) is 5.55. The molecule has 1 aliphatic rings. The molecule has 1 aliphatic heterocycles. The van der Waals surface area contributed by atoms with Crippen LogP contribution in [0.4, 0.5) is 22.7 Å². The van der Waals surface area contributed by atoms with Gasteiger partial charge in [-0.2, -0.15) is 0 Å². The molecule has 0 radical (unpaired) electrons. The van der Waals surface area contributed by atoms with E-state index in [4.69, 9.17) is 0 Å². The number of amides is 3. The summed E-state index contributed by atoms with van der Waals surface area (Å²) in [6.07, 6.45) is 1.81. The molecule has 232 valence electrons. The Morgan fingerprint density at radius 1 is 0.889 bits per heavy atom. The van der Waals surface area contributed by atoms with E-state index in [1.807, 2.05) is 81.4 Å². The van der Waals surface area contributed by atoms with Crippen molar-refractivity contribution >= 4 is 52.1 Å². The van der Waals surface area contributed by atoms with E-state index >= 15 is 0 Å². The molecule has 0 aliphatic carbocycles. The minimum absolute atomic E-state index is 0.127. The zero-order valence-electron chi connectivity index (χ0n) is 26.4. The summed E-state index contributed by atoms with van der Waals surface area (Å²) < 4.78 is 0. The first kappa shape index (κ1) is 31.3. The standard InChI is InChI=1S/C36H40N6O3/c1-6-42(7-2)18-17-37-36(45)33-23(4)32(38-24(33)5)21-29-28-19-26(15-16-30(28)41-35(29)44)39-31-20-27(14-13-22(31)3)40-34(43)25-11-9-8-10-12-25/h8-16,19-21,38-39H,6-7,17-18H2,1-5H3,(H,37,45)(H,40,43)(H,41,44)/b29-21-. The van der Waals surface area contributed by atoms with E-state index < -0.39 is 0 Å². The minimum atomic E-state index is -0.208. The van der Waals surface area contributed by atoms with Gasteiger partial charge in [0.15, 0.2) is 0 Å². The van der Waals surface area contributed by atoms with Crippen molar-refractivity contribution < 1.29 is 14.4 Å². The number of aromatic nitrogens is 1. The highest BCUT2D eigenvalue weighted by molar-refractivity contribution is 6.35. The summed E-state index contributed by atoms with van der Waals surface area (Å²) >= 11 is 0. The molecule has 0 saturated heterocycles. The Labute approximate surface area is 264 Å². The first-order valence-corrected chi connectivity index (χ1v) is 15.3. The number of hydrogen-bond acceptors (Lipinski definition) is 5. The molecule has 9 heteroatoms. The molecule has 0 unspecified atom stereocenters. The Kier molecular flexibility index (Phi) is 9.49. The van der Waals surface area contributed by atoms with E-state index in [0.717, 1.165) is 59.1 Å². The number of carbonyl (C=O) groups is 3. The SMILES string of the molecule is CCN(CC)CCNC(=O)c1c(C)[nH]c(/C=C2\C(=O)Nc3ccc(Nc4cc(NC(=O)c5ccccc5)ccc4C)cc32)c1C. The second kappa shape index (κ2) is 13.7. The molecule has 5 N–H and O–H groups in total. The molecule has 4 aromatic rings. The quantitative estimate of drug-likeness (QED) is 0.125. The highest BCUT2D eigenvalue weighted by Gasteiger charge is 2.26. The molecule has 1 aromatic heterocycles. The highest BCUT2D eigenvalue weighted by atomic mass is 16.2. The summed E-state index contributed by atoms with van der Waals surface area (Å²) in [6, 6.07) is 20.5. The lowest BCUT2D eigenvalue weighted by Crippen LogP contribution is -2.35. The van der Waals surface area contributed by atoms with Gasteiger partial charge in [0.05, 0.1) is 11.1 Å². The fraction of sp³-hybridized carbons (Fsp3) is 0.250. The maximum atomic E-state index is 13.1. The van der Waals surface area contributed by atoms with E-state index in [0.29, 0.717) is 34.6 Å². The Balaban J connectivity index is 1.35. The van der Waals surface area contributed by atoms with Crippen LogP contribution in [0.25, 0.3) is 11.6 Å². The zero-order chi connectivity index (χ0) is 32.1. The van der Waals surface area contributed by atoms with Crippen LogP contribution in [0.5, 0.6) is 0 Å². The molecule has 0 fully saturated rings. The predicted molar refractivity (Wildman–Crippen MR) is 182 cm³/mol. The normalized spacial score (nSPS) is 13.1. The van der Waals surface area contributed by atoms with Crippen LogP contribution < -0.4 is 21.3 Å². The van der Waals surface area contributed by atoms with E-state index in [-0.39, 0.29) is 17.7 Å². The molecular weight excluding hydrogens is 564 g/mol. The molecule has 3 aromatic carbocycles. The molecule has 0 saturated carbocycles. The average Bonchev–Trinajstić information content (AvgIpc) is 3.50. The van der Waals surface area contributed by atoms with Gasteiger partial charge in [0, 0.05) is 58.4 Å². The summed E-state index contributed by atoms with van der Waals surface area (Å²) in [6.45, 7) is 13.2. The van der Waals surface area contributed by atoms with Crippen LogP contribution >= 0.6 is 0 Å². The van der Waals surface area contributed by atoms with Crippen LogP contribution in [0.2, 0.25) is 0 Å². The third-order valence-corrected chi connectivity index (χ3v) is 8.21. The third kappa shape index (κ3) is 6.99. The topological polar surface area (TPSA) is 118 Å². The average molecular weight is 605 g/mol. The lowest BCUT2D eigenvalue weighted by molar-refractivity contribution is -0.110. The monoisotopic (exact) mass is 604 g/mol. The molecule has 0 spiro atoms. The summed E-state index contributed by atoms with van der Waals surface area (Å²) in [7, 11) is 0. The van der Waals surface area contributed by atoms with Crippen molar-refractivity contribution in [2.45, 2.75) is 34.6 Å². The van der Waals surface area contributed by atoms with Gasteiger partial charge in [-0.1, -0.05) is 38.1 Å². The number of anilines is 4. The summed E-state index contributed by atoms with van der Waals surface area (Å²) in [5.74, 6) is -0.517. The van der Waals surface area contributed by atoms with Gasteiger partial charge in [-0.15, -0.1) is 0 Å². The number of aryl methyl sites for hydroxylation is 2. The van der Waals surface area contributed by atoms with Gasteiger partial charge in [0.25, 0.3) is 17.7 Å². The number of nitrogens with zero attached hydrogens (tertiary/aromatic N) is 1. The van der Waals surface area contributed by atoms with Crippen molar-refractivity contribution in [3.63, 3.8) is 0 Å². The molecular formula is C36H40N6O3. The van der Waals surface area contributed by atoms with E-state index in [1.165, 1.54) is 0 Å². The van der Waals surface area contributed by atoms with Gasteiger partial charge in [-0.3, -0.25) is 14.4 Å². The van der Waals surface area contributed by atoms with Gasteiger partial charge >= 0.3 is 0 Å². The Morgan fingerprint density at radius 2 is 1.62 bits per heavy atom. The van der Waals surface area contributed by atoms with Crippen LogP contribution in [0.3, 0.4) is 0 Å². The number of likely N-dealkylation sites (N-methyl/N-ethyl adjacent to an activating group) is 1. The summed E-state index contributed by atoms with van der Waals surface area (Å²) in [5.41, 5.74) is 8.71. The molecule has 0 atom stereocenters. The maximum Gasteiger partial charge on any atom is 0.256 e. The fourth-order valence-electron chi connectivity index (χ4n) is 5.55. The number of nitrogens with one attached hydrogen (secondary N) is 5. The maximum absolute atomic E-state index is 13.1. The third-order valence-electron chi connectivity index (χ3n) is 8.21. The van der Waals surface area contributed by atoms with Crippen molar-refractivity contribution in [3.8, 4) is 0 Å². The minimum Gasteiger partial charge on any atom is -0.358 e. The number of aromatic amines is 1. The highest BCUT2D eigenvalue weighted by Crippen LogP contribution is 2.37. The first-order chi connectivity index (χ1) is 21.7. The van der Waals surface area contributed by atoms with E-state index in [2.05, 4.69) is 45.0 Å². The number of fused-ring (bicyclic) bond motifs is 1. The predicted octanol–water partition coefficient (Wildman–Crippen LogP) is 6.50. The van der Waals surface area contributed by atoms with Gasteiger partial charge in [-0.25, -0.2) is 0 Å². The van der Waals surface area contributed by atoms with Crippen LogP contribution in [0.15, 0.2) is 66.7 Å². The number of H-pyrrole nitrogens is 1. The lowest BCUT2D eigenvalue weighted by Gasteiger charge is -2.18. The van der Waals surface area contributed by atoms with E-state index in [9.17, 15) is 14.4 Å². The number of carbonyl (C=O) groups excluding carboxylic acids is 3. The van der Waals surface area contributed by atoms with Crippen LogP contribution in [0, 0.1) is 20.8 Å².